The summed E-state index contributed by atoms with van der Waals surface area (Å²) in [5.74, 6) is 1.13. The van der Waals surface area contributed by atoms with Gasteiger partial charge in [-0.2, -0.15) is 0 Å². The van der Waals surface area contributed by atoms with Crippen molar-refractivity contribution in [1.82, 2.24) is 0 Å². The first-order chi connectivity index (χ1) is 9.97. The zero-order valence-corrected chi connectivity index (χ0v) is 13.5. The van der Waals surface area contributed by atoms with Crippen molar-refractivity contribution in [2.24, 2.45) is 0 Å². The number of Topliss-reactive ketones (excluding diaryl/α,β-unsaturated/α-hetero) is 1. The van der Waals surface area contributed by atoms with Crippen LogP contribution >= 0.6 is 15.9 Å². The van der Waals surface area contributed by atoms with Crippen molar-refractivity contribution in [3.63, 3.8) is 0 Å². The standard InChI is InChI=1S/C16H16BrNO3/c1-10(19)13-9-12(21-11(13)2)7-8-16(20)18-15-6-4-3-5-14(15)17/h3-6,9H,7-8H2,1-2H3,(H,18,20). The lowest BCUT2D eigenvalue weighted by molar-refractivity contribution is -0.116. The van der Waals surface area contributed by atoms with Crippen LogP contribution < -0.4 is 5.32 Å². The van der Waals surface area contributed by atoms with Gasteiger partial charge in [-0.3, -0.25) is 9.59 Å². The highest BCUT2D eigenvalue weighted by atomic mass is 79.9. The summed E-state index contributed by atoms with van der Waals surface area (Å²) in [5.41, 5.74) is 1.32. The van der Waals surface area contributed by atoms with E-state index in [1.54, 1.807) is 13.0 Å². The number of carbonyl (C=O) groups is 2. The van der Waals surface area contributed by atoms with Crippen LogP contribution in [0.25, 0.3) is 0 Å². The Bertz CT molecular complexity index is 676. The highest BCUT2D eigenvalue weighted by Crippen LogP contribution is 2.22. The number of para-hydroxylation sites is 1. The number of nitrogens with one attached hydrogen (secondary N) is 1. The second-order valence-corrected chi connectivity index (χ2v) is 5.62. The molecular formula is C16H16BrNO3. The van der Waals surface area contributed by atoms with E-state index in [0.717, 1.165) is 10.2 Å². The monoisotopic (exact) mass is 349 g/mol. The number of aryl methyl sites for hydroxylation is 2. The van der Waals surface area contributed by atoms with Gasteiger partial charge in [0.25, 0.3) is 0 Å². The molecule has 0 unspecified atom stereocenters. The van der Waals surface area contributed by atoms with Crippen LogP contribution in [0.2, 0.25) is 0 Å². The minimum atomic E-state index is -0.0969. The second kappa shape index (κ2) is 6.72. The van der Waals surface area contributed by atoms with Crippen molar-refractivity contribution < 1.29 is 14.0 Å². The van der Waals surface area contributed by atoms with E-state index in [4.69, 9.17) is 4.42 Å². The van der Waals surface area contributed by atoms with Gasteiger partial charge in [0.2, 0.25) is 5.91 Å². The average Bonchev–Trinajstić information content (AvgIpc) is 2.80. The summed E-state index contributed by atoms with van der Waals surface area (Å²) in [4.78, 5) is 23.3. The summed E-state index contributed by atoms with van der Waals surface area (Å²) in [7, 11) is 0. The molecule has 0 aliphatic heterocycles. The molecule has 0 spiro atoms. The molecule has 1 aromatic carbocycles. The molecule has 0 bridgehead atoms. The molecule has 21 heavy (non-hydrogen) atoms. The minimum Gasteiger partial charge on any atom is -0.466 e. The highest BCUT2D eigenvalue weighted by molar-refractivity contribution is 9.10. The van der Waals surface area contributed by atoms with Crippen molar-refractivity contribution in [3.8, 4) is 0 Å². The zero-order chi connectivity index (χ0) is 15.4. The van der Waals surface area contributed by atoms with E-state index in [-0.39, 0.29) is 11.7 Å². The Morgan fingerprint density at radius 1 is 1.29 bits per heavy atom. The van der Waals surface area contributed by atoms with E-state index in [0.29, 0.717) is 29.9 Å². The summed E-state index contributed by atoms with van der Waals surface area (Å²) in [6.07, 6.45) is 0.760. The number of hydrogen-bond acceptors (Lipinski definition) is 3. The van der Waals surface area contributed by atoms with Crippen LogP contribution in [-0.2, 0) is 11.2 Å². The Kier molecular flexibility index (Phi) is 4.96. The Hall–Kier alpha value is -1.88. The maximum Gasteiger partial charge on any atom is 0.224 e. The number of anilines is 1. The molecule has 1 heterocycles. The molecule has 0 saturated carbocycles. The number of hydrogen-bond donors (Lipinski definition) is 1. The maximum atomic E-state index is 11.9. The first-order valence-electron chi connectivity index (χ1n) is 6.62. The molecule has 5 heteroatoms. The van der Waals surface area contributed by atoms with E-state index in [2.05, 4.69) is 21.2 Å². The molecule has 4 nitrogen and oxygen atoms in total. The lowest BCUT2D eigenvalue weighted by Gasteiger charge is -2.06. The van der Waals surface area contributed by atoms with Crippen LogP contribution in [0, 0.1) is 6.92 Å². The van der Waals surface area contributed by atoms with Gasteiger partial charge in [-0.05, 0) is 48.0 Å². The summed E-state index contributed by atoms with van der Waals surface area (Å²) >= 11 is 3.38. The number of carbonyl (C=O) groups excluding carboxylic acids is 2. The van der Waals surface area contributed by atoms with E-state index >= 15 is 0 Å². The second-order valence-electron chi connectivity index (χ2n) is 4.77. The summed E-state index contributed by atoms with van der Waals surface area (Å²) in [6.45, 7) is 3.25. The van der Waals surface area contributed by atoms with Gasteiger partial charge < -0.3 is 9.73 Å². The summed E-state index contributed by atoms with van der Waals surface area (Å²) in [6, 6.07) is 9.14. The molecule has 1 aromatic heterocycles. The van der Waals surface area contributed by atoms with Crippen molar-refractivity contribution in [3.05, 3.63) is 51.9 Å². The minimum absolute atomic E-state index is 0.0276. The van der Waals surface area contributed by atoms with Crippen LogP contribution in [0.4, 0.5) is 5.69 Å². The van der Waals surface area contributed by atoms with Gasteiger partial charge in [-0.1, -0.05) is 12.1 Å². The lowest BCUT2D eigenvalue weighted by atomic mass is 10.1. The van der Waals surface area contributed by atoms with Gasteiger partial charge in [-0.25, -0.2) is 0 Å². The van der Waals surface area contributed by atoms with Gasteiger partial charge in [0.05, 0.1) is 11.3 Å². The molecule has 0 fully saturated rings. The van der Waals surface area contributed by atoms with Gasteiger partial charge in [0.15, 0.2) is 5.78 Å². The van der Waals surface area contributed by atoms with Gasteiger partial charge in [0.1, 0.15) is 11.5 Å². The van der Waals surface area contributed by atoms with E-state index in [1.807, 2.05) is 24.3 Å². The SMILES string of the molecule is CC(=O)c1cc(CCC(=O)Nc2ccccc2Br)oc1C. The van der Waals surface area contributed by atoms with E-state index < -0.39 is 0 Å². The lowest BCUT2D eigenvalue weighted by Crippen LogP contribution is -2.12. The number of benzene rings is 1. The highest BCUT2D eigenvalue weighted by Gasteiger charge is 2.12. The number of ketones is 1. The van der Waals surface area contributed by atoms with E-state index in [9.17, 15) is 9.59 Å². The molecular weight excluding hydrogens is 334 g/mol. The molecule has 1 N–H and O–H groups in total. The zero-order valence-electron chi connectivity index (χ0n) is 11.9. The molecule has 2 rings (SSSR count). The Labute approximate surface area is 131 Å². The number of halogens is 1. The van der Waals surface area contributed by atoms with Crippen molar-refractivity contribution >= 4 is 33.3 Å². The summed E-state index contributed by atoms with van der Waals surface area (Å²) in [5, 5.41) is 2.83. The van der Waals surface area contributed by atoms with Crippen molar-refractivity contribution in [1.29, 1.82) is 0 Å². The van der Waals surface area contributed by atoms with Crippen LogP contribution in [0.3, 0.4) is 0 Å². The molecule has 2 aromatic rings. The van der Waals surface area contributed by atoms with Crippen LogP contribution in [0.1, 0.15) is 35.2 Å². The number of furan rings is 1. The maximum absolute atomic E-state index is 11.9. The molecule has 0 aliphatic carbocycles. The molecule has 0 saturated heterocycles. The predicted molar refractivity (Wildman–Crippen MR) is 84.5 cm³/mol. The first-order valence-corrected chi connectivity index (χ1v) is 7.41. The molecule has 0 radical (unpaired) electrons. The fraction of sp³-hybridized carbons (Fsp3) is 0.250. The Balaban J connectivity index is 1.94. The topological polar surface area (TPSA) is 59.3 Å². The fourth-order valence-corrected chi connectivity index (χ4v) is 2.41. The van der Waals surface area contributed by atoms with Crippen LogP contribution in [0.5, 0.6) is 0 Å². The normalized spacial score (nSPS) is 10.4. The summed E-state index contributed by atoms with van der Waals surface area (Å²) < 4.78 is 6.33. The third-order valence-electron chi connectivity index (χ3n) is 3.09. The predicted octanol–water partition coefficient (Wildman–Crippen LogP) is 4.12. The van der Waals surface area contributed by atoms with Crippen molar-refractivity contribution in [2.45, 2.75) is 26.7 Å². The number of rotatable bonds is 5. The Morgan fingerprint density at radius 3 is 2.62 bits per heavy atom. The van der Waals surface area contributed by atoms with Gasteiger partial charge in [-0.15, -0.1) is 0 Å². The molecule has 0 aliphatic rings. The molecule has 110 valence electrons. The number of amides is 1. The molecule has 1 amide bonds. The third-order valence-corrected chi connectivity index (χ3v) is 3.79. The quantitative estimate of drug-likeness (QED) is 0.825. The van der Waals surface area contributed by atoms with Crippen molar-refractivity contribution in [2.75, 3.05) is 5.32 Å². The third kappa shape index (κ3) is 4.04. The first kappa shape index (κ1) is 15.5. The Morgan fingerprint density at radius 2 is 2.00 bits per heavy atom. The van der Waals surface area contributed by atoms with Gasteiger partial charge in [0, 0.05) is 17.3 Å². The fourth-order valence-electron chi connectivity index (χ4n) is 2.03. The largest absolute Gasteiger partial charge is 0.466 e. The van der Waals surface area contributed by atoms with Crippen LogP contribution in [-0.4, -0.2) is 11.7 Å². The van der Waals surface area contributed by atoms with E-state index in [1.165, 1.54) is 6.92 Å². The van der Waals surface area contributed by atoms with Crippen LogP contribution in [0.15, 0.2) is 39.2 Å². The molecule has 0 atom stereocenters. The van der Waals surface area contributed by atoms with Gasteiger partial charge >= 0.3 is 0 Å². The smallest absolute Gasteiger partial charge is 0.224 e. The average molecular weight is 350 g/mol.